The summed E-state index contributed by atoms with van der Waals surface area (Å²) in [4.78, 5) is 22.1. The molecular formula is C15H21FN2O5. The van der Waals surface area contributed by atoms with E-state index in [1.165, 1.54) is 26.4 Å². The lowest BCUT2D eigenvalue weighted by molar-refractivity contribution is -0.137. The van der Waals surface area contributed by atoms with E-state index in [0.717, 1.165) is 0 Å². The third-order valence-corrected chi connectivity index (χ3v) is 3.17. The van der Waals surface area contributed by atoms with Gasteiger partial charge in [0.15, 0.2) is 11.5 Å². The Morgan fingerprint density at radius 1 is 1.26 bits per heavy atom. The van der Waals surface area contributed by atoms with Crippen LogP contribution in [-0.4, -0.2) is 37.9 Å². The Hall–Kier alpha value is -2.51. The highest BCUT2D eigenvalue weighted by Crippen LogP contribution is 2.32. The van der Waals surface area contributed by atoms with Gasteiger partial charge in [-0.15, -0.1) is 0 Å². The maximum Gasteiger partial charge on any atom is 0.315 e. The third kappa shape index (κ3) is 5.65. The van der Waals surface area contributed by atoms with Crippen LogP contribution in [0.1, 0.15) is 31.4 Å². The number of hydrogen-bond acceptors (Lipinski definition) is 4. The van der Waals surface area contributed by atoms with Crippen LogP contribution in [0.4, 0.5) is 9.18 Å². The number of carbonyl (C=O) groups is 2. The van der Waals surface area contributed by atoms with Gasteiger partial charge in [-0.25, -0.2) is 9.18 Å². The van der Waals surface area contributed by atoms with Crippen molar-refractivity contribution in [3.8, 4) is 11.5 Å². The number of halogens is 1. The highest BCUT2D eigenvalue weighted by atomic mass is 19.1. The van der Waals surface area contributed by atoms with E-state index in [1.807, 2.05) is 0 Å². The van der Waals surface area contributed by atoms with Crippen LogP contribution in [0.2, 0.25) is 0 Å². The minimum absolute atomic E-state index is 0.0276. The molecule has 0 aliphatic rings. The van der Waals surface area contributed by atoms with Crippen LogP contribution in [0.15, 0.2) is 12.1 Å². The number of nitrogens with one attached hydrogen (secondary N) is 2. The van der Waals surface area contributed by atoms with Gasteiger partial charge in [0.2, 0.25) is 0 Å². The Bertz CT molecular complexity index is 565. The fourth-order valence-electron chi connectivity index (χ4n) is 1.97. The van der Waals surface area contributed by atoms with Crippen LogP contribution in [0, 0.1) is 5.82 Å². The summed E-state index contributed by atoms with van der Waals surface area (Å²) < 4.78 is 24.2. The van der Waals surface area contributed by atoms with Gasteiger partial charge < -0.3 is 25.2 Å². The smallest absolute Gasteiger partial charge is 0.315 e. The van der Waals surface area contributed by atoms with Crippen molar-refractivity contribution in [1.29, 1.82) is 0 Å². The summed E-state index contributed by atoms with van der Waals surface area (Å²) >= 11 is 0. The van der Waals surface area contributed by atoms with Crippen molar-refractivity contribution in [2.45, 2.75) is 25.8 Å². The van der Waals surface area contributed by atoms with Crippen LogP contribution >= 0.6 is 0 Å². The van der Waals surface area contributed by atoms with Crippen LogP contribution < -0.4 is 20.1 Å². The van der Waals surface area contributed by atoms with Gasteiger partial charge in [-0.2, -0.15) is 0 Å². The Kier molecular flexibility index (Phi) is 7.11. The molecule has 7 nitrogen and oxygen atoms in total. The first-order valence-electron chi connectivity index (χ1n) is 7.06. The summed E-state index contributed by atoms with van der Waals surface area (Å²) in [5.41, 5.74) is 0.253. The normalized spacial score (nSPS) is 11.5. The van der Waals surface area contributed by atoms with Crippen LogP contribution in [0.5, 0.6) is 11.5 Å². The molecule has 0 saturated carbocycles. The van der Waals surface area contributed by atoms with Crippen molar-refractivity contribution in [2.24, 2.45) is 0 Å². The summed E-state index contributed by atoms with van der Waals surface area (Å²) in [5.74, 6) is -0.826. The molecule has 0 bridgehead atoms. The Morgan fingerprint density at radius 3 is 2.43 bits per heavy atom. The van der Waals surface area contributed by atoms with Crippen molar-refractivity contribution in [1.82, 2.24) is 10.6 Å². The van der Waals surface area contributed by atoms with Crippen molar-refractivity contribution in [3.05, 3.63) is 23.5 Å². The predicted octanol–water partition coefficient (Wildman–Crippen LogP) is 2.07. The number of rotatable bonds is 8. The second kappa shape index (κ2) is 8.82. The topological polar surface area (TPSA) is 96.9 Å². The number of ether oxygens (including phenoxy) is 2. The average Bonchev–Trinajstić information content (AvgIpc) is 2.50. The van der Waals surface area contributed by atoms with Gasteiger partial charge >= 0.3 is 12.0 Å². The molecule has 1 atom stereocenters. The monoisotopic (exact) mass is 328 g/mol. The Morgan fingerprint density at radius 2 is 1.87 bits per heavy atom. The molecule has 0 heterocycles. The number of carbonyl (C=O) groups excluding carboxylic acids is 1. The first-order valence-corrected chi connectivity index (χ1v) is 7.06. The fourth-order valence-corrected chi connectivity index (χ4v) is 1.97. The number of urea groups is 1. The molecule has 0 aliphatic carbocycles. The minimum atomic E-state index is -0.923. The number of methoxy groups -OCH3 is 2. The van der Waals surface area contributed by atoms with Gasteiger partial charge in [0, 0.05) is 24.6 Å². The molecular weight excluding hydrogens is 307 g/mol. The van der Waals surface area contributed by atoms with Gasteiger partial charge in [0.05, 0.1) is 20.3 Å². The number of carboxylic acid groups (broad SMARTS) is 1. The van der Waals surface area contributed by atoms with E-state index in [4.69, 9.17) is 14.6 Å². The van der Waals surface area contributed by atoms with Crippen molar-refractivity contribution in [2.75, 3.05) is 20.8 Å². The molecule has 0 fully saturated rings. The maximum atomic E-state index is 14.1. The zero-order valence-corrected chi connectivity index (χ0v) is 13.3. The second-order valence-electron chi connectivity index (χ2n) is 4.85. The van der Waals surface area contributed by atoms with Gasteiger partial charge in [-0.1, -0.05) is 0 Å². The summed E-state index contributed by atoms with van der Waals surface area (Å²) in [5, 5.41) is 13.6. The molecule has 8 heteroatoms. The van der Waals surface area contributed by atoms with E-state index in [0.29, 0.717) is 12.2 Å². The van der Waals surface area contributed by atoms with E-state index < -0.39 is 23.9 Å². The molecule has 2 amide bonds. The van der Waals surface area contributed by atoms with Gasteiger partial charge in [-0.05, 0) is 19.4 Å². The number of benzene rings is 1. The molecule has 1 rings (SSSR count). The van der Waals surface area contributed by atoms with E-state index in [1.54, 1.807) is 6.92 Å². The van der Waals surface area contributed by atoms with E-state index >= 15 is 0 Å². The molecule has 0 aliphatic heterocycles. The first-order chi connectivity index (χ1) is 10.9. The summed E-state index contributed by atoms with van der Waals surface area (Å²) in [7, 11) is 2.84. The van der Waals surface area contributed by atoms with Crippen LogP contribution in [0.25, 0.3) is 0 Å². The molecule has 3 N–H and O–H groups in total. The third-order valence-electron chi connectivity index (χ3n) is 3.17. The van der Waals surface area contributed by atoms with Crippen LogP contribution in [0.3, 0.4) is 0 Å². The number of hydrogen-bond donors (Lipinski definition) is 3. The van der Waals surface area contributed by atoms with Gasteiger partial charge in [-0.3, -0.25) is 4.79 Å². The van der Waals surface area contributed by atoms with E-state index in [-0.39, 0.29) is 24.3 Å². The Balaban J connectivity index is 2.65. The zero-order valence-electron chi connectivity index (χ0n) is 13.3. The van der Waals surface area contributed by atoms with Gasteiger partial charge in [0.1, 0.15) is 5.82 Å². The van der Waals surface area contributed by atoms with Crippen molar-refractivity contribution >= 4 is 12.0 Å². The molecule has 0 spiro atoms. The SMILES string of the molecule is COc1cc(F)c(C(C)NC(=O)NCCCC(=O)O)cc1OC. The molecule has 0 aromatic heterocycles. The number of amides is 2. The fraction of sp³-hybridized carbons (Fsp3) is 0.467. The van der Waals surface area contributed by atoms with Gasteiger partial charge in [0.25, 0.3) is 0 Å². The Labute approximate surface area is 133 Å². The van der Waals surface area contributed by atoms with Crippen LogP contribution in [-0.2, 0) is 4.79 Å². The lowest BCUT2D eigenvalue weighted by atomic mass is 10.1. The molecule has 1 unspecified atom stereocenters. The molecule has 1 aromatic rings. The second-order valence-corrected chi connectivity index (χ2v) is 4.85. The molecule has 128 valence electrons. The van der Waals surface area contributed by atoms with E-state index in [2.05, 4.69) is 10.6 Å². The average molecular weight is 328 g/mol. The summed E-state index contributed by atoms with van der Waals surface area (Å²) in [6.07, 6.45) is 0.294. The maximum absolute atomic E-state index is 14.1. The standard InChI is InChI=1S/C15H21FN2O5/c1-9(18-15(21)17-6-4-5-14(19)20)10-7-12(22-2)13(23-3)8-11(10)16/h7-9H,4-6H2,1-3H3,(H,19,20)(H2,17,18,21). The lowest BCUT2D eigenvalue weighted by Gasteiger charge is -2.18. The quantitative estimate of drug-likeness (QED) is 0.635. The number of carboxylic acids is 1. The molecule has 23 heavy (non-hydrogen) atoms. The van der Waals surface area contributed by atoms with E-state index in [9.17, 15) is 14.0 Å². The highest BCUT2D eigenvalue weighted by Gasteiger charge is 2.17. The zero-order chi connectivity index (χ0) is 17.4. The number of aliphatic carboxylic acids is 1. The lowest BCUT2D eigenvalue weighted by Crippen LogP contribution is -2.37. The summed E-state index contributed by atoms with van der Waals surface area (Å²) in [6.45, 7) is 1.85. The highest BCUT2D eigenvalue weighted by molar-refractivity contribution is 5.74. The van der Waals surface area contributed by atoms with Crippen molar-refractivity contribution in [3.63, 3.8) is 0 Å². The largest absolute Gasteiger partial charge is 0.493 e. The minimum Gasteiger partial charge on any atom is -0.493 e. The predicted molar refractivity (Wildman–Crippen MR) is 81.3 cm³/mol. The molecule has 0 saturated heterocycles. The first kappa shape index (κ1) is 18.5. The molecule has 0 radical (unpaired) electrons. The molecule has 1 aromatic carbocycles. The van der Waals surface area contributed by atoms with Crippen molar-refractivity contribution < 1.29 is 28.6 Å². The summed E-state index contributed by atoms with van der Waals surface area (Å²) in [6, 6.07) is 1.55.